The second-order valence-corrected chi connectivity index (χ2v) is 13.0. The number of aromatic nitrogens is 3. The molecule has 6 rings (SSSR count). The minimum Gasteiger partial charge on any atom is -0.421 e. The first kappa shape index (κ1) is 31.3. The van der Waals surface area contributed by atoms with Gasteiger partial charge in [-0.2, -0.15) is 0 Å². The standard InChI is InChI=1S/C35H34FN5O4S/c1-18(2)16-25-30(33(37)43)32(28-14-15-29(46-28)34(44)39-24-13-10-20-6-4-5-7-23(20)24)31(35-41-40-19(3)45-35)26(38-25)17-27(42)21-8-11-22(36)12-9-21/h4-9,11-12,14-15,18,24,27,42H,10,13,16-17H2,1-3H3,(H2,37,43)(H,39,44)/t24-,27-/m0/s1. The molecule has 2 atom stereocenters. The number of amides is 2. The minimum atomic E-state index is -1.06. The molecular weight excluding hydrogens is 605 g/mol. The van der Waals surface area contributed by atoms with Crippen LogP contribution < -0.4 is 11.1 Å². The van der Waals surface area contributed by atoms with Crippen molar-refractivity contribution in [3.05, 3.63) is 111 Å². The summed E-state index contributed by atoms with van der Waals surface area (Å²) in [4.78, 5) is 32.7. The molecule has 5 aromatic rings. The number of thiophene rings is 1. The van der Waals surface area contributed by atoms with Crippen LogP contribution in [0, 0.1) is 18.7 Å². The summed E-state index contributed by atoms with van der Waals surface area (Å²) in [5, 5.41) is 22.7. The second kappa shape index (κ2) is 12.9. The molecule has 0 fully saturated rings. The third-order valence-corrected chi connectivity index (χ3v) is 9.19. The number of rotatable bonds is 10. The van der Waals surface area contributed by atoms with Crippen LogP contribution in [-0.2, 0) is 19.3 Å². The molecule has 11 heteroatoms. The van der Waals surface area contributed by atoms with Crippen molar-refractivity contribution in [2.45, 2.75) is 58.6 Å². The van der Waals surface area contributed by atoms with Crippen molar-refractivity contribution in [2.24, 2.45) is 11.7 Å². The first-order chi connectivity index (χ1) is 22.1. The summed E-state index contributed by atoms with van der Waals surface area (Å²) in [6, 6.07) is 17.1. The molecule has 2 aromatic carbocycles. The monoisotopic (exact) mass is 639 g/mol. The Morgan fingerprint density at radius 1 is 1.04 bits per heavy atom. The fourth-order valence-electron chi connectivity index (χ4n) is 6.03. The number of carbonyl (C=O) groups excluding carboxylic acids is 2. The van der Waals surface area contributed by atoms with Gasteiger partial charge in [-0.15, -0.1) is 21.5 Å². The van der Waals surface area contributed by atoms with Crippen molar-refractivity contribution < 1.29 is 23.5 Å². The van der Waals surface area contributed by atoms with E-state index in [1.165, 1.54) is 41.2 Å². The number of nitrogens with zero attached hydrogens (tertiary/aromatic N) is 3. The van der Waals surface area contributed by atoms with Crippen molar-refractivity contribution in [1.82, 2.24) is 20.5 Å². The smallest absolute Gasteiger partial charge is 0.261 e. The van der Waals surface area contributed by atoms with E-state index in [9.17, 15) is 19.1 Å². The van der Waals surface area contributed by atoms with Gasteiger partial charge in [0.25, 0.3) is 11.8 Å². The lowest BCUT2D eigenvalue weighted by atomic mass is 9.90. The lowest BCUT2D eigenvalue weighted by Crippen LogP contribution is -2.26. The number of aliphatic hydroxyl groups is 1. The van der Waals surface area contributed by atoms with Crippen LogP contribution in [0.2, 0.25) is 0 Å². The third-order valence-electron chi connectivity index (χ3n) is 8.09. The maximum Gasteiger partial charge on any atom is 0.261 e. The van der Waals surface area contributed by atoms with Crippen LogP contribution in [0.5, 0.6) is 0 Å². The molecule has 4 N–H and O–H groups in total. The highest BCUT2D eigenvalue weighted by Gasteiger charge is 2.31. The molecule has 0 saturated heterocycles. The van der Waals surface area contributed by atoms with E-state index in [1.54, 1.807) is 19.1 Å². The Kier molecular flexibility index (Phi) is 8.79. The van der Waals surface area contributed by atoms with Gasteiger partial charge in [0, 0.05) is 23.8 Å². The van der Waals surface area contributed by atoms with Gasteiger partial charge in [-0.25, -0.2) is 4.39 Å². The third kappa shape index (κ3) is 6.33. The summed E-state index contributed by atoms with van der Waals surface area (Å²) < 4.78 is 19.5. The molecule has 236 valence electrons. The average molecular weight is 640 g/mol. The Morgan fingerprint density at radius 2 is 1.80 bits per heavy atom. The molecule has 0 bridgehead atoms. The van der Waals surface area contributed by atoms with E-state index in [2.05, 4.69) is 21.6 Å². The van der Waals surface area contributed by atoms with Crippen LogP contribution in [0.1, 0.15) is 86.4 Å². The Balaban J connectivity index is 1.48. The van der Waals surface area contributed by atoms with E-state index in [0.29, 0.717) is 50.1 Å². The highest BCUT2D eigenvalue weighted by Crippen LogP contribution is 2.42. The fraction of sp³-hybridized carbons (Fsp3) is 0.286. The Labute approximate surface area is 269 Å². The summed E-state index contributed by atoms with van der Waals surface area (Å²) in [6.07, 6.45) is 1.08. The van der Waals surface area contributed by atoms with Gasteiger partial charge in [0.2, 0.25) is 11.8 Å². The van der Waals surface area contributed by atoms with Gasteiger partial charge >= 0.3 is 0 Å². The van der Waals surface area contributed by atoms with Crippen LogP contribution in [0.3, 0.4) is 0 Å². The number of halogens is 1. The van der Waals surface area contributed by atoms with Gasteiger partial charge in [-0.1, -0.05) is 50.2 Å². The summed E-state index contributed by atoms with van der Waals surface area (Å²) >= 11 is 1.22. The second-order valence-electron chi connectivity index (χ2n) is 11.9. The number of primary amides is 1. The van der Waals surface area contributed by atoms with E-state index in [1.807, 2.05) is 32.0 Å². The van der Waals surface area contributed by atoms with Gasteiger partial charge < -0.3 is 20.6 Å². The van der Waals surface area contributed by atoms with E-state index in [0.717, 1.165) is 18.4 Å². The van der Waals surface area contributed by atoms with Crippen LogP contribution >= 0.6 is 11.3 Å². The van der Waals surface area contributed by atoms with Crippen LogP contribution in [-0.4, -0.2) is 32.1 Å². The fourth-order valence-corrected chi connectivity index (χ4v) is 6.99. The maximum absolute atomic E-state index is 13.6. The molecule has 0 radical (unpaired) electrons. The molecule has 9 nitrogen and oxygen atoms in total. The molecule has 46 heavy (non-hydrogen) atoms. The molecule has 3 aromatic heterocycles. The predicted octanol–water partition coefficient (Wildman–Crippen LogP) is 6.30. The Hall–Kier alpha value is -4.74. The highest BCUT2D eigenvalue weighted by molar-refractivity contribution is 7.17. The molecule has 2 amide bonds. The van der Waals surface area contributed by atoms with Gasteiger partial charge in [-0.3, -0.25) is 14.6 Å². The molecule has 0 spiro atoms. The van der Waals surface area contributed by atoms with Crippen molar-refractivity contribution in [1.29, 1.82) is 0 Å². The molecule has 0 unspecified atom stereocenters. The zero-order valence-electron chi connectivity index (χ0n) is 25.7. The Morgan fingerprint density at radius 3 is 2.50 bits per heavy atom. The normalized spacial score (nSPS) is 14.8. The number of pyridine rings is 1. The number of hydrogen-bond donors (Lipinski definition) is 3. The summed E-state index contributed by atoms with van der Waals surface area (Å²) in [5.41, 5.74) is 10.7. The minimum absolute atomic E-state index is 0.000657. The van der Waals surface area contributed by atoms with Gasteiger partial charge in [0.15, 0.2) is 0 Å². The summed E-state index contributed by atoms with van der Waals surface area (Å²) in [6.45, 7) is 5.65. The topological polar surface area (TPSA) is 144 Å². The quantitative estimate of drug-likeness (QED) is 0.163. The molecule has 1 aliphatic carbocycles. The molecule has 0 aliphatic heterocycles. The lowest BCUT2D eigenvalue weighted by Gasteiger charge is -2.20. The zero-order valence-corrected chi connectivity index (χ0v) is 26.5. The average Bonchev–Trinajstić information content (AvgIpc) is 3.77. The maximum atomic E-state index is 13.6. The van der Waals surface area contributed by atoms with Crippen LogP contribution in [0.15, 0.2) is 65.1 Å². The lowest BCUT2D eigenvalue weighted by molar-refractivity contribution is 0.0939. The number of nitrogens with one attached hydrogen (secondary N) is 1. The largest absolute Gasteiger partial charge is 0.421 e. The van der Waals surface area contributed by atoms with Crippen molar-refractivity contribution >= 4 is 23.2 Å². The molecular formula is C35H34FN5O4S. The van der Waals surface area contributed by atoms with E-state index in [4.69, 9.17) is 15.1 Å². The van der Waals surface area contributed by atoms with E-state index >= 15 is 0 Å². The summed E-state index contributed by atoms with van der Waals surface area (Å²) in [7, 11) is 0. The van der Waals surface area contributed by atoms with Gasteiger partial charge in [0.1, 0.15) is 5.82 Å². The highest BCUT2D eigenvalue weighted by atomic mass is 32.1. The van der Waals surface area contributed by atoms with E-state index < -0.39 is 17.8 Å². The first-order valence-electron chi connectivity index (χ1n) is 15.2. The van der Waals surface area contributed by atoms with Gasteiger partial charge in [0.05, 0.1) is 39.5 Å². The van der Waals surface area contributed by atoms with E-state index in [-0.39, 0.29) is 35.7 Å². The number of fused-ring (bicyclic) bond motifs is 1. The van der Waals surface area contributed by atoms with Crippen molar-refractivity contribution in [3.8, 4) is 21.9 Å². The van der Waals surface area contributed by atoms with Crippen LogP contribution in [0.25, 0.3) is 21.9 Å². The van der Waals surface area contributed by atoms with Crippen LogP contribution in [0.4, 0.5) is 4.39 Å². The number of aryl methyl sites for hydroxylation is 2. The van der Waals surface area contributed by atoms with Gasteiger partial charge in [-0.05, 0) is 66.1 Å². The molecule has 1 aliphatic rings. The SMILES string of the molecule is Cc1nnc(-c2c(C[C@H](O)c3ccc(F)cc3)nc(CC(C)C)c(C(N)=O)c2-c2ccc(C(=O)N[C@H]3CCc4ccccc43)s2)o1. The molecule has 0 saturated carbocycles. The molecule has 3 heterocycles. The predicted molar refractivity (Wildman–Crippen MR) is 173 cm³/mol. The Bertz CT molecular complexity index is 1920. The summed E-state index contributed by atoms with van der Waals surface area (Å²) in [5.74, 6) is -0.829. The zero-order chi connectivity index (χ0) is 32.5. The first-order valence-corrected chi connectivity index (χ1v) is 16.0. The number of hydrogen-bond acceptors (Lipinski definition) is 8. The van der Waals surface area contributed by atoms with Crippen molar-refractivity contribution in [2.75, 3.05) is 0 Å². The number of nitrogens with two attached hydrogens (primary N) is 1. The number of benzene rings is 2. The van der Waals surface area contributed by atoms with Crippen molar-refractivity contribution in [3.63, 3.8) is 0 Å². The number of aliphatic hydroxyl groups excluding tert-OH is 1. The number of carbonyl (C=O) groups is 2.